The Kier molecular flexibility index (Phi) is 7.43. The molecule has 0 N–H and O–H groups in total. The second kappa shape index (κ2) is 10.1. The van der Waals surface area contributed by atoms with Gasteiger partial charge in [0, 0.05) is 18.2 Å². The Balaban J connectivity index is 1.87. The lowest BCUT2D eigenvalue weighted by molar-refractivity contribution is 0.0119. The molecule has 7 nitrogen and oxygen atoms in total. The summed E-state index contributed by atoms with van der Waals surface area (Å²) < 4.78 is 17.1. The van der Waals surface area contributed by atoms with E-state index in [1.165, 1.54) is 10.5 Å². The largest absolute Gasteiger partial charge is 0.497 e. The first-order valence-corrected chi connectivity index (χ1v) is 13.9. The molecule has 1 aromatic rings. The number of carbonyl (C=O) groups is 2. The minimum Gasteiger partial charge on any atom is -0.497 e. The number of ether oxygens (including phenoxy) is 3. The molecule has 37 heavy (non-hydrogen) atoms. The van der Waals surface area contributed by atoms with Crippen LogP contribution in [-0.4, -0.2) is 53.1 Å². The predicted octanol–water partition coefficient (Wildman–Crippen LogP) is 7.03. The molecule has 3 aliphatic rings. The van der Waals surface area contributed by atoms with Gasteiger partial charge < -0.3 is 14.2 Å². The molecule has 0 spiro atoms. The SMILES string of the molecule is COc1ccc(C2C3=C(CCN2C(=O)OC(C)(C)C)C2CC(SC)=CC=C2N3C(=O)OC(C)(C)C)cc1. The monoisotopic (exact) mass is 526 g/mol. The van der Waals surface area contributed by atoms with Crippen LogP contribution in [0.5, 0.6) is 5.75 Å². The third-order valence-corrected chi connectivity index (χ3v) is 7.37. The van der Waals surface area contributed by atoms with E-state index in [2.05, 4.69) is 12.3 Å². The van der Waals surface area contributed by atoms with Crippen molar-refractivity contribution in [3.05, 3.63) is 63.9 Å². The first-order valence-electron chi connectivity index (χ1n) is 12.7. The Labute approximate surface area is 224 Å². The summed E-state index contributed by atoms with van der Waals surface area (Å²) in [7, 11) is 1.62. The van der Waals surface area contributed by atoms with E-state index in [-0.39, 0.29) is 5.92 Å². The number of amides is 2. The van der Waals surface area contributed by atoms with Crippen molar-refractivity contribution in [2.45, 2.75) is 71.6 Å². The minimum absolute atomic E-state index is 0.0662. The molecule has 1 aromatic carbocycles. The van der Waals surface area contributed by atoms with Crippen LogP contribution in [-0.2, 0) is 9.47 Å². The predicted molar refractivity (Wildman–Crippen MR) is 146 cm³/mol. The third-order valence-electron chi connectivity index (χ3n) is 6.54. The van der Waals surface area contributed by atoms with Gasteiger partial charge in [0.05, 0.1) is 12.8 Å². The van der Waals surface area contributed by atoms with Crippen molar-refractivity contribution >= 4 is 23.9 Å². The van der Waals surface area contributed by atoms with Crippen LogP contribution in [0, 0.1) is 5.92 Å². The number of methoxy groups -OCH3 is 1. The molecule has 0 radical (unpaired) electrons. The summed E-state index contributed by atoms with van der Waals surface area (Å²) in [6.45, 7) is 11.7. The van der Waals surface area contributed by atoms with Gasteiger partial charge in [0.25, 0.3) is 0 Å². The van der Waals surface area contributed by atoms with Crippen molar-refractivity contribution in [1.29, 1.82) is 0 Å². The molecule has 0 saturated carbocycles. The van der Waals surface area contributed by atoms with Gasteiger partial charge in [0.2, 0.25) is 0 Å². The summed E-state index contributed by atoms with van der Waals surface area (Å²) in [5, 5.41) is 0. The highest BCUT2D eigenvalue weighted by Gasteiger charge is 2.49. The van der Waals surface area contributed by atoms with Crippen LogP contribution in [0.2, 0.25) is 0 Å². The van der Waals surface area contributed by atoms with Gasteiger partial charge >= 0.3 is 12.2 Å². The molecule has 4 rings (SSSR count). The molecule has 1 aliphatic carbocycles. The molecule has 2 unspecified atom stereocenters. The van der Waals surface area contributed by atoms with Gasteiger partial charge in [-0.25, -0.2) is 9.59 Å². The zero-order valence-corrected chi connectivity index (χ0v) is 23.9. The van der Waals surface area contributed by atoms with Crippen LogP contribution in [0.3, 0.4) is 0 Å². The second-order valence-electron chi connectivity index (χ2n) is 11.5. The standard InChI is InChI=1S/C29H38N2O5S/c1-28(2,3)35-26(32)30-16-15-21-22-17-20(37-8)13-14-23(22)31(27(33)36-29(4,5)6)25(21)24(30)18-9-11-19(34-7)12-10-18/h9-14,22,24H,15-17H2,1-8H3. The van der Waals surface area contributed by atoms with Gasteiger partial charge in [-0.15, -0.1) is 11.8 Å². The van der Waals surface area contributed by atoms with E-state index in [0.717, 1.165) is 29.1 Å². The topological polar surface area (TPSA) is 68.3 Å². The zero-order valence-electron chi connectivity index (χ0n) is 23.1. The maximum atomic E-state index is 13.8. The van der Waals surface area contributed by atoms with Crippen molar-refractivity contribution in [2.75, 3.05) is 19.9 Å². The number of nitrogens with zero attached hydrogens (tertiary/aromatic N) is 2. The highest BCUT2D eigenvalue weighted by Crippen LogP contribution is 2.53. The maximum absolute atomic E-state index is 13.8. The minimum atomic E-state index is -0.666. The van der Waals surface area contributed by atoms with Crippen LogP contribution in [0.25, 0.3) is 0 Å². The quantitative estimate of drug-likeness (QED) is 0.421. The molecule has 8 heteroatoms. The van der Waals surface area contributed by atoms with E-state index >= 15 is 0 Å². The fourth-order valence-electron chi connectivity index (χ4n) is 5.08. The summed E-state index contributed by atoms with van der Waals surface area (Å²) in [6.07, 6.45) is 6.84. The highest BCUT2D eigenvalue weighted by atomic mass is 32.2. The summed E-state index contributed by atoms with van der Waals surface area (Å²) in [5.41, 5.74) is 2.44. The lowest BCUT2D eigenvalue weighted by Crippen LogP contribution is -2.45. The van der Waals surface area contributed by atoms with Crippen LogP contribution >= 0.6 is 11.8 Å². The van der Waals surface area contributed by atoms with Crippen LogP contribution in [0.1, 0.15) is 66.0 Å². The number of allylic oxidation sites excluding steroid dienone is 4. The first kappa shape index (κ1) is 27.2. The van der Waals surface area contributed by atoms with Crippen molar-refractivity contribution in [2.24, 2.45) is 5.92 Å². The zero-order chi connectivity index (χ0) is 27.1. The Morgan fingerprint density at radius 1 is 0.946 bits per heavy atom. The fourth-order valence-corrected chi connectivity index (χ4v) is 5.62. The maximum Gasteiger partial charge on any atom is 0.419 e. The molecule has 0 fully saturated rings. The second-order valence-corrected chi connectivity index (χ2v) is 12.4. The number of benzene rings is 1. The van der Waals surface area contributed by atoms with Gasteiger partial charge in [-0.1, -0.05) is 18.2 Å². The molecule has 200 valence electrons. The molecular weight excluding hydrogens is 488 g/mol. The van der Waals surface area contributed by atoms with Gasteiger partial charge in [-0.3, -0.25) is 9.80 Å². The molecule has 0 saturated heterocycles. The van der Waals surface area contributed by atoms with E-state index in [9.17, 15) is 9.59 Å². The van der Waals surface area contributed by atoms with E-state index in [1.807, 2.05) is 71.9 Å². The Morgan fingerprint density at radius 2 is 1.57 bits per heavy atom. The number of hydrogen-bond acceptors (Lipinski definition) is 6. The Hall–Kier alpha value is -2.87. The number of fused-ring (bicyclic) bond motifs is 2. The van der Waals surface area contributed by atoms with Gasteiger partial charge in [-0.05, 0) is 94.9 Å². The molecular formula is C29H38N2O5S. The molecule has 2 aliphatic heterocycles. The van der Waals surface area contributed by atoms with Crippen LogP contribution in [0.4, 0.5) is 9.59 Å². The van der Waals surface area contributed by atoms with Crippen LogP contribution in [0.15, 0.2) is 58.3 Å². The summed E-state index contributed by atoms with van der Waals surface area (Å²) in [4.78, 5) is 32.0. The lowest BCUT2D eigenvalue weighted by Gasteiger charge is -2.40. The number of hydrogen-bond donors (Lipinski definition) is 0. The summed E-state index contributed by atoms with van der Waals surface area (Å²) >= 11 is 1.73. The van der Waals surface area contributed by atoms with Crippen molar-refractivity contribution in [3.63, 3.8) is 0 Å². The van der Waals surface area contributed by atoms with Gasteiger partial charge in [0.1, 0.15) is 23.0 Å². The molecule has 2 amide bonds. The van der Waals surface area contributed by atoms with Gasteiger partial charge in [0.15, 0.2) is 0 Å². The summed E-state index contributed by atoms with van der Waals surface area (Å²) in [5.74, 6) is 0.787. The molecule has 0 aromatic heterocycles. The van der Waals surface area contributed by atoms with Crippen molar-refractivity contribution < 1.29 is 23.8 Å². The smallest absolute Gasteiger partial charge is 0.419 e. The normalized spacial score (nSPS) is 21.6. The number of thioether (sulfide) groups is 1. The average Bonchev–Trinajstić information content (AvgIpc) is 3.15. The fraction of sp³-hybridized carbons (Fsp3) is 0.517. The average molecular weight is 527 g/mol. The molecule has 0 bridgehead atoms. The molecule has 2 heterocycles. The van der Waals surface area contributed by atoms with Crippen molar-refractivity contribution in [1.82, 2.24) is 9.80 Å². The van der Waals surface area contributed by atoms with Crippen molar-refractivity contribution in [3.8, 4) is 5.75 Å². The van der Waals surface area contributed by atoms with E-state index in [1.54, 1.807) is 28.7 Å². The number of rotatable bonds is 3. The Bertz CT molecular complexity index is 1150. The number of carbonyl (C=O) groups excluding carboxylic acids is 2. The Morgan fingerprint density at radius 3 is 2.14 bits per heavy atom. The summed E-state index contributed by atoms with van der Waals surface area (Å²) in [6, 6.07) is 7.15. The third kappa shape index (κ3) is 5.69. The van der Waals surface area contributed by atoms with E-state index in [4.69, 9.17) is 14.2 Å². The van der Waals surface area contributed by atoms with E-state index in [0.29, 0.717) is 13.0 Å². The first-order chi connectivity index (χ1) is 17.3. The highest BCUT2D eigenvalue weighted by molar-refractivity contribution is 8.02. The van der Waals surface area contributed by atoms with Gasteiger partial charge in [-0.2, -0.15) is 0 Å². The van der Waals surface area contributed by atoms with E-state index < -0.39 is 29.4 Å². The van der Waals surface area contributed by atoms with Crippen LogP contribution < -0.4 is 4.74 Å². The lowest BCUT2D eigenvalue weighted by atomic mass is 9.85. The molecule has 2 atom stereocenters.